The van der Waals surface area contributed by atoms with E-state index in [0.717, 1.165) is 25.1 Å². The molecule has 1 fully saturated rings. The first-order valence-corrected chi connectivity index (χ1v) is 8.83. The first-order valence-electron chi connectivity index (χ1n) is 8.83. The summed E-state index contributed by atoms with van der Waals surface area (Å²) in [6.07, 6.45) is 2.09. The number of nitrogens with one attached hydrogen (secondary N) is 2. The minimum absolute atomic E-state index is 0.0845. The predicted octanol–water partition coefficient (Wildman–Crippen LogP) is 2.45. The first-order chi connectivity index (χ1) is 13.1. The van der Waals surface area contributed by atoms with Gasteiger partial charge in [0, 0.05) is 30.6 Å². The van der Waals surface area contributed by atoms with Gasteiger partial charge >= 0.3 is 0 Å². The minimum Gasteiger partial charge on any atom is -0.493 e. The van der Waals surface area contributed by atoms with Crippen molar-refractivity contribution in [3.63, 3.8) is 0 Å². The van der Waals surface area contributed by atoms with Gasteiger partial charge < -0.3 is 24.8 Å². The maximum atomic E-state index is 12.4. The van der Waals surface area contributed by atoms with E-state index in [1.54, 1.807) is 32.4 Å². The fourth-order valence-corrected chi connectivity index (χ4v) is 2.89. The molecule has 1 aromatic heterocycles. The monoisotopic (exact) mass is 372 g/mol. The highest BCUT2D eigenvalue weighted by Gasteiger charge is 2.18. The van der Waals surface area contributed by atoms with Crippen molar-refractivity contribution >= 4 is 17.5 Å². The zero-order valence-electron chi connectivity index (χ0n) is 15.7. The van der Waals surface area contributed by atoms with Gasteiger partial charge in [0.25, 0.3) is 5.91 Å². The molecule has 1 aromatic carbocycles. The van der Waals surface area contributed by atoms with Crippen LogP contribution in [0.2, 0.25) is 0 Å². The standard InChI is InChI=1S/C19H24N4O4/c1-12-9-15(18(24)20-11-14-5-4-8-27-14)23-19(21-12)22-13-6-7-16(25-2)17(10-13)26-3/h6-7,9-10,14H,4-5,8,11H2,1-3H3,(H,20,24)(H,21,22,23). The van der Waals surface area contributed by atoms with Crippen LogP contribution in [-0.4, -0.2) is 49.4 Å². The normalized spacial score (nSPS) is 16.0. The molecule has 0 bridgehead atoms. The second-order valence-electron chi connectivity index (χ2n) is 6.26. The molecular formula is C19H24N4O4. The molecule has 8 nitrogen and oxygen atoms in total. The summed E-state index contributed by atoms with van der Waals surface area (Å²) < 4.78 is 16.1. The van der Waals surface area contributed by atoms with Crippen molar-refractivity contribution in [2.75, 3.05) is 32.7 Å². The highest BCUT2D eigenvalue weighted by molar-refractivity contribution is 5.92. The third-order valence-corrected chi connectivity index (χ3v) is 4.24. The summed E-state index contributed by atoms with van der Waals surface area (Å²) in [6.45, 7) is 3.06. The fourth-order valence-electron chi connectivity index (χ4n) is 2.89. The third kappa shape index (κ3) is 4.85. The second-order valence-corrected chi connectivity index (χ2v) is 6.26. The van der Waals surface area contributed by atoms with Gasteiger partial charge in [-0.05, 0) is 38.0 Å². The number of nitrogens with zero attached hydrogens (tertiary/aromatic N) is 2. The molecule has 1 aliphatic heterocycles. The van der Waals surface area contributed by atoms with Gasteiger partial charge in [0.05, 0.1) is 20.3 Å². The van der Waals surface area contributed by atoms with Crippen LogP contribution in [0, 0.1) is 6.92 Å². The molecule has 27 heavy (non-hydrogen) atoms. The molecule has 8 heteroatoms. The molecule has 0 saturated carbocycles. The molecule has 0 spiro atoms. The average molecular weight is 372 g/mol. The van der Waals surface area contributed by atoms with E-state index in [9.17, 15) is 4.79 Å². The van der Waals surface area contributed by atoms with Gasteiger partial charge in [0.1, 0.15) is 5.69 Å². The van der Waals surface area contributed by atoms with Crippen LogP contribution in [0.4, 0.5) is 11.6 Å². The summed E-state index contributed by atoms with van der Waals surface area (Å²) in [5.74, 6) is 1.31. The number of aryl methyl sites for hydroxylation is 1. The van der Waals surface area contributed by atoms with Gasteiger partial charge in [-0.25, -0.2) is 9.97 Å². The first kappa shape index (κ1) is 18.9. The van der Waals surface area contributed by atoms with E-state index in [-0.39, 0.29) is 12.0 Å². The number of carbonyl (C=O) groups excluding carboxylic acids is 1. The summed E-state index contributed by atoms with van der Waals surface area (Å²) >= 11 is 0. The van der Waals surface area contributed by atoms with Crippen molar-refractivity contribution in [2.24, 2.45) is 0 Å². The number of benzene rings is 1. The van der Waals surface area contributed by atoms with E-state index in [1.807, 2.05) is 13.0 Å². The molecule has 2 N–H and O–H groups in total. The van der Waals surface area contributed by atoms with Crippen molar-refractivity contribution in [2.45, 2.75) is 25.9 Å². The summed E-state index contributed by atoms with van der Waals surface area (Å²) in [7, 11) is 3.15. The lowest BCUT2D eigenvalue weighted by Gasteiger charge is -2.13. The minimum atomic E-state index is -0.244. The molecule has 144 valence electrons. The van der Waals surface area contributed by atoms with Crippen LogP contribution in [0.25, 0.3) is 0 Å². The summed E-state index contributed by atoms with van der Waals surface area (Å²) in [5.41, 5.74) is 1.72. The highest BCUT2D eigenvalue weighted by atomic mass is 16.5. The zero-order valence-corrected chi connectivity index (χ0v) is 15.7. The molecule has 1 amide bonds. The molecule has 3 rings (SSSR count). The smallest absolute Gasteiger partial charge is 0.270 e. The van der Waals surface area contributed by atoms with Crippen LogP contribution in [-0.2, 0) is 4.74 Å². The van der Waals surface area contributed by atoms with Crippen LogP contribution in [0.5, 0.6) is 11.5 Å². The number of rotatable bonds is 7. The number of methoxy groups -OCH3 is 2. The van der Waals surface area contributed by atoms with Crippen molar-refractivity contribution in [1.82, 2.24) is 15.3 Å². The van der Waals surface area contributed by atoms with E-state index in [4.69, 9.17) is 14.2 Å². The predicted molar refractivity (Wildman–Crippen MR) is 101 cm³/mol. The van der Waals surface area contributed by atoms with Gasteiger partial charge in [-0.1, -0.05) is 0 Å². The Labute approximate surface area is 158 Å². The maximum absolute atomic E-state index is 12.4. The Hall–Kier alpha value is -2.87. The van der Waals surface area contributed by atoms with Gasteiger partial charge in [0.15, 0.2) is 11.5 Å². The number of anilines is 2. The van der Waals surface area contributed by atoms with Crippen molar-refractivity contribution < 1.29 is 19.0 Å². The molecule has 0 radical (unpaired) electrons. The Morgan fingerprint density at radius 3 is 2.74 bits per heavy atom. The second kappa shape index (κ2) is 8.68. The summed E-state index contributed by atoms with van der Waals surface area (Å²) in [5, 5.41) is 5.97. The lowest BCUT2D eigenvalue weighted by atomic mass is 10.2. The average Bonchev–Trinajstić information content (AvgIpc) is 3.19. The van der Waals surface area contributed by atoms with Crippen molar-refractivity contribution in [3.05, 3.63) is 35.7 Å². The number of hydrogen-bond acceptors (Lipinski definition) is 7. The zero-order chi connectivity index (χ0) is 19.2. The largest absolute Gasteiger partial charge is 0.493 e. The van der Waals surface area contributed by atoms with Crippen LogP contribution >= 0.6 is 0 Å². The Morgan fingerprint density at radius 1 is 1.22 bits per heavy atom. The van der Waals surface area contributed by atoms with E-state index < -0.39 is 0 Å². The quantitative estimate of drug-likeness (QED) is 0.771. The number of carbonyl (C=O) groups is 1. The van der Waals surface area contributed by atoms with Gasteiger partial charge in [-0.15, -0.1) is 0 Å². The number of ether oxygens (including phenoxy) is 3. The lowest BCUT2D eigenvalue weighted by Crippen LogP contribution is -2.32. The Balaban J connectivity index is 1.71. The van der Waals surface area contributed by atoms with Gasteiger partial charge in [-0.2, -0.15) is 0 Å². The lowest BCUT2D eigenvalue weighted by molar-refractivity contribution is 0.0853. The molecule has 2 aromatic rings. The third-order valence-electron chi connectivity index (χ3n) is 4.24. The van der Waals surface area contributed by atoms with E-state index in [2.05, 4.69) is 20.6 Å². The fraction of sp³-hybridized carbons (Fsp3) is 0.421. The number of amides is 1. The van der Waals surface area contributed by atoms with E-state index in [1.165, 1.54) is 0 Å². The van der Waals surface area contributed by atoms with Crippen LogP contribution in [0.3, 0.4) is 0 Å². The van der Waals surface area contributed by atoms with Crippen molar-refractivity contribution in [3.8, 4) is 11.5 Å². The molecule has 1 unspecified atom stereocenters. The Kier molecular flexibility index (Phi) is 6.08. The number of aromatic nitrogens is 2. The Bertz CT molecular complexity index is 806. The van der Waals surface area contributed by atoms with Crippen molar-refractivity contribution in [1.29, 1.82) is 0 Å². The SMILES string of the molecule is COc1ccc(Nc2nc(C)cc(C(=O)NCC3CCCO3)n2)cc1OC. The molecule has 1 aliphatic rings. The summed E-state index contributed by atoms with van der Waals surface area (Å²) in [6, 6.07) is 7.04. The van der Waals surface area contributed by atoms with Crippen LogP contribution in [0.15, 0.2) is 24.3 Å². The van der Waals surface area contributed by atoms with Gasteiger partial charge in [-0.3, -0.25) is 4.79 Å². The van der Waals surface area contributed by atoms with E-state index >= 15 is 0 Å². The summed E-state index contributed by atoms with van der Waals surface area (Å²) in [4.78, 5) is 21.1. The molecule has 1 saturated heterocycles. The van der Waals surface area contributed by atoms with Crippen LogP contribution in [0.1, 0.15) is 29.0 Å². The molecule has 2 heterocycles. The highest BCUT2D eigenvalue weighted by Crippen LogP contribution is 2.30. The van der Waals surface area contributed by atoms with Crippen LogP contribution < -0.4 is 20.1 Å². The number of hydrogen-bond donors (Lipinski definition) is 2. The molecule has 1 atom stereocenters. The maximum Gasteiger partial charge on any atom is 0.270 e. The Morgan fingerprint density at radius 2 is 2.04 bits per heavy atom. The van der Waals surface area contributed by atoms with E-state index in [0.29, 0.717) is 35.4 Å². The van der Waals surface area contributed by atoms with Gasteiger partial charge in [0.2, 0.25) is 5.95 Å². The molecule has 0 aliphatic carbocycles. The topological polar surface area (TPSA) is 94.6 Å². The molecular weight excluding hydrogens is 348 g/mol.